The Bertz CT molecular complexity index is 946. The SMILES string of the molecule is COC(=O)c1cccc(C)c1CN(N)c1cccn2c(C)c(C)nc12. The lowest BCUT2D eigenvalue weighted by Gasteiger charge is -2.22. The highest BCUT2D eigenvalue weighted by atomic mass is 16.5. The van der Waals surface area contributed by atoms with Crippen molar-refractivity contribution in [2.24, 2.45) is 5.84 Å². The molecule has 0 aliphatic rings. The van der Waals surface area contributed by atoms with E-state index < -0.39 is 0 Å². The summed E-state index contributed by atoms with van der Waals surface area (Å²) in [6.45, 7) is 6.34. The first kappa shape index (κ1) is 17.0. The van der Waals surface area contributed by atoms with Crippen LogP contribution in [0.2, 0.25) is 0 Å². The molecule has 0 saturated heterocycles. The number of ether oxygens (including phenoxy) is 1. The van der Waals surface area contributed by atoms with Gasteiger partial charge in [-0.1, -0.05) is 12.1 Å². The molecule has 25 heavy (non-hydrogen) atoms. The first-order valence-corrected chi connectivity index (χ1v) is 8.07. The summed E-state index contributed by atoms with van der Waals surface area (Å²) < 4.78 is 6.91. The number of nitrogens with two attached hydrogens (primary N) is 1. The summed E-state index contributed by atoms with van der Waals surface area (Å²) in [6, 6.07) is 9.42. The van der Waals surface area contributed by atoms with E-state index in [1.54, 1.807) is 11.1 Å². The number of aromatic nitrogens is 2. The van der Waals surface area contributed by atoms with Crippen molar-refractivity contribution in [2.45, 2.75) is 27.3 Å². The van der Waals surface area contributed by atoms with Gasteiger partial charge in [0.2, 0.25) is 0 Å². The van der Waals surface area contributed by atoms with Crippen molar-refractivity contribution in [3.63, 3.8) is 0 Å². The van der Waals surface area contributed by atoms with Gasteiger partial charge in [-0.15, -0.1) is 0 Å². The number of hydrogen-bond donors (Lipinski definition) is 1. The smallest absolute Gasteiger partial charge is 0.338 e. The van der Waals surface area contributed by atoms with E-state index in [-0.39, 0.29) is 5.97 Å². The first-order chi connectivity index (χ1) is 11.9. The van der Waals surface area contributed by atoms with Crippen molar-refractivity contribution in [1.82, 2.24) is 9.38 Å². The molecule has 2 heterocycles. The molecule has 3 rings (SSSR count). The number of benzene rings is 1. The second-order valence-electron chi connectivity index (χ2n) is 6.09. The highest BCUT2D eigenvalue weighted by molar-refractivity contribution is 5.91. The van der Waals surface area contributed by atoms with E-state index in [9.17, 15) is 4.79 Å². The quantitative estimate of drug-likeness (QED) is 0.450. The average Bonchev–Trinajstić information content (AvgIpc) is 2.90. The van der Waals surface area contributed by atoms with E-state index >= 15 is 0 Å². The van der Waals surface area contributed by atoms with Gasteiger partial charge in [0.25, 0.3) is 0 Å². The Morgan fingerprint density at radius 3 is 2.72 bits per heavy atom. The van der Waals surface area contributed by atoms with Gasteiger partial charge in [0.05, 0.1) is 30.6 Å². The van der Waals surface area contributed by atoms with Crippen molar-refractivity contribution in [3.8, 4) is 0 Å². The number of rotatable bonds is 4. The second-order valence-corrected chi connectivity index (χ2v) is 6.09. The average molecular weight is 338 g/mol. The van der Waals surface area contributed by atoms with Gasteiger partial charge in [0.15, 0.2) is 5.65 Å². The fourth-order valence-electron chi connectivity index (χ4n) is 2.98. The molecule has 2 aromatic heterocycles. The summed E-state index contributed by atoms with van der Waals surface area (Å²) in [7, 11) is 1.38. The molecule has 6 nitrogen and oxygen atoms in total. The van der Waals surface area contributed by atoms with E-state index in [0.29, 0.717) is 12.1 Å². The lowest BCUT2D eigenvalue weighted by atomic mass is 10.0. The van der Waals surface area contributed by atoms with Crippen LogP contribution in [-0.4, -0.2) is 22.5 Å². The normalized spacial score (nSPS) is 10.9. The molecule has 0 atom stereocenters. The van der Waals surface area contributed by atoms with Crippen LogP contribution in [0.25, 0.3) is 5.65 Å². The number of aryl methyl sites for hydroxylation is 3. The highest BCUT2D eigenvalue weighted by Gasteiger charge is 2.18. The Balaban J connectivity index is 2.03. The standard InChI is InChI=1S/C19H22N4O2/c1-12-7-5-8-15(19(24)25-4)16(12)11-23(20)17-9-6-10-22-14(3)13(2)21-18(17)22/h5-10H,11,20H2,1-4H3. The van der Waals surface area contributed by atoms with E-state index in [4.69, 9.17) is 10.6 Å². The topological polar surface area (TPSA) is 72.9 Å². The van der Waals surface area contributed by atoms with Crippen LogP contribution in [0.15, 0.2) is 36.5 Å². The molecule has 0 amide bonds. The summed E-state index contributed by atoms with van der Waals surface area (Å²) in [5.74, 6) is 6.00. The Hall–Kier alpha value is -2.86. The summed E-state index contributed by atoms with van der Waals surface area (Å²) in [6.07, 6.45) is 1.97. The molecule has 6 heteroatoms. The number of imidazole rings is 1. The van der Waals surface area contributed by atoms with Crippen LogP contribution in [0.5, 0.6) is 0 Å². The number of fused-ring (bicyclic) bond motifs is 1. The molecule has 1 aromatic carbocycles. The predicted octanol–water partition coefficient (Wildman–Crippen LogP) is 2.93. The molecule has 0 saturated carbocycles. The molecule has 0 fully saturated rings. The summed E-state index contributed by atoms with van der Waals surface area (Å²) in [5, 5.41) is 1.62. The van der Waals surface area contributed by atoms with Crippen molar-refractivity contribution < 1.29 is 9.53 Å². The predicted molar refractivity (Wildman–Crippen MR) is 97.6 cm³/mol. The van der Waals surface area contributed by atoms with Crippen LogP contribution in [0.4, 0.5) is 5.69 Å². The molecule has 0 spiro atoms. The molecular weight excluding hydrogens is 316 g/mol. The number of carbonyl (C=O) groups excluding carboxylic acids is 1. The fourth-order valence-corrected chi connectivity index (χ4v) is 2.98. The molecule has 2 N–H and O–H groups in total. The zero-order valence-electron chi connectivity index (χ0n) is 14.9. The number of methoxy groups -OCH3 is 1. The molecule has 0 unspecified atom stereocenters. The third-order valence-electron chi connectivity index (χ3n) is 4.56. The molecule has 0 radical (unpaired) electrons. The number of hydrazine groups is 1. The maximum absolute atomic E-state index is 12.1. The maximum atomic E-state index is 12.1. The van der Waals surface area contributed by atoms with Crippen LogP contribution >= 0.6 is 0 Å². The zero-order chi connectivity index (χ0) is 18.1. The number of pyridine rings is 1. The van der Waals surface area contributed by atoms with E-state index in [1.165, 1.54) is 7.11 Å². The monoisotopic (exact) mass is 338 g/mol. The molecule has 3 aromatic rings. The minimum Gasteiger partial charge on any atom is -0.465 e. The fraction of sp³-hybridized carbons (Fsp3) is 0.263. The lowest BCUT2D eigenvalue weighted by Crippen LogP contribution is -2.31. The molecule has 0 aliphatic carbocycles. The lowest BCUT2D eigenvalue weighted by molar-refractivity contribution is 0.0599. The second kappa shape index (κ2) is 6.57. The first-order valence-electron chi connectivity index (χ1n) is 8.07. The van der Waals surface area contributed by atoms with Crippen molar-refractivity contribution in [2.75, 3.05) is 12.1 Å². The largest absolute Gasteiger partial charge is 0.465 e. The van der Waals surface area contributed by atoms with Crippen LogP contribution in [0.3, 0.4) is 0 Å². The van der Waals surface area contributed by atoms with Gasteiger partial charge in [-0.05, 0) is 50.1 Å². The van der Waals surface area contributed by atoms with Gasteiger partial charge in [0.1, 0.15) is 0 Å². The number of anilines is 1. The van der Waals surface area contributed by atoms with Crippen LogP contribution in [0, 0.1) is 20.8 Å². The van der Waals surface area contributed by atoms with Gasteiger partial charge in [0, 0.05) is 11.9 Å². The molecular formula is C19H22N4O2. The van der Waals surface area contributed by atoms with Crippen LogP contribution in [-0.2, 0) is 11.3 Å². The van der Waals surface area contributed by atoms with Gasteiger partial charge < -0.3 is 14.1 Å². The minimum atomic E-state index is -0.363. The minimum absolute atomic E-state index is 0.363. The summed E-state index contributed by atoms with van der Waals surface area (Å²) in [4.78, 5) is 16.7. The van der Waals surface area contributed by atoms with E-state index in [2.05, 4.69) is 4.98 Å². The maximum Gasteiger partial charge on any atom is 0.338 e. The number of carbonyl (C=O) groups is 1. The molecule has 130 valence electrons. The third kappa shape index (κ3) is 2.96. The van der Waals surface area contributed by atoms with Gasteiger partial charge in [-0.3, -0.25) is 0 Å². The molecule has 0 aliphatic heterocycles. The van der Waals surface area contributed by atoms with Gasteiger partial charge in [-0.2, -0.15) is 0 Å². The number of hydrogen-bond acceptors (Lipinski definition) is 5. The third-order valence-corrected chi connectivity index (χ3v) is 4.56. The van der Waals surface area contributed by atoms with Crippen molar-refractivity contribution in [1.29, 1.82) is 0 Å². The van der Waals surface area contributed by atoms with Crippen LogP contribution < -0.4 is 10.9 Å². The van der Waals surface area contributed by atoms with E-state index in [1.807, 2.05) is 55.6 Å². The summed E-state index contributed by atoms with van der Waals surface area (Å²) in [5.41, 5.74) is 6.01. The van der Waals surface area contributed by atoms with Crippen LogP contribution in [0.1, 0.15) is 32.9 Å². The van der Waals surface area contributed by atoms with Gasteiger partial charge in [-0.25, -0.2) is 15.6 Å². The Morgan fingerprint density at radius 1 is 1.24 bits per heavy atom. The van der Waals surface area contributed by atoms with Crippen molar-refractivity contribution in [3.05, 3.63) is 64.6 Å². The number of nitrogens with zero attached hydrogens (tertiary/aromatic N) is 3. The Kier molecular flexibility index (Phi) is 4.46. The van der Waals surface area contributed by atoms with Gasteiger partial charge >= 0.3 is 5.97 Å². The molecule has 0 bridgehead atoms. The Morgan fingerprint density at radius 2 is 2.00 bits per heavy atom. The number of esters is 1. The highest BCUT2D eigenvalue weighted by Crippen LogP contribution is 2.24. The Labute approximate surface area is 146 Å². The van der Waals surface area contributed by atoms with Crippen molar-refractivity contribution >= 4 is 17.3 Å². The zero-order valence-corrected chi connectivity index (χ0v) is 14.9. The summed E-state index contributed by atoms with van der Waals surface area (Å²) >= 11 is 0. The van der Waals surface area contributed by atoms with E-state index in [0.717, 1.165) is 33.8 Å².